The van der Waals surface area contributed by atoms with Crippen molar-refractivity contribution in [3.05, 3.63) is 71.1 Å². The lowest BCUT2D eigenvalue weighted by molar-refractivity contribution is -0.113. The summed E-state index contributed by atoms with van der Waals surface area (Å²) in [4.78, 5) is 14.0. The van der Waals surface area contributed by atoms with Crippen molar-refractivity contribution in [2.24, 2.45) is 0 Å². The van der Waals surface area contributed by atoms with Crippen molar-refractivity contribution in [3.63, 3.8) is 0 Å². The molecule has 1 saturated heterocycles. The van der Waals surface area contributed by atoms with Crippen LogP contribution in [0.15, 0.2) is 60.0 Å². The van der Waals surface area contributed by atoms with E-state index in [-0.39, 0.29) is 5.91 Å². The SMILES string of the molecule is C=C1SC(=S)N(c2ccc(OCc3ccc(CCCC)cc3)cc2)C1=O. The van der Waals surface area contributed by atoms with Gasteiger partial charge >= 0.3 is 0 Å². The van der Waals surface area contributed by atoms with Gasteiger partial charge in [0.15, 0.2) is 4.32 Å². The molecular weight excluding hydrogens is 362 g/mol. The molecule has 0 radical (unpaired) electrons. The van der Waals surface area contributed by atoms with E-state index in [1.807, 2.05) is 24.3 Å². The lowest BCUT2D eigenvalue weighted by Crippen LogP contribution is -2.27. The van der Waals surface area contributed by atoms with E-state index >= 15 is 0 Å². The number of aryl methyl sites for hydroxylation is 1. The van der Waals surface area contributed by atoms with E-state index in [2.05, 4.69) is 37.8 Å². The van der Waals surface area contributed by atoms with Gasteiger partial charge in [-0.25, -0.2) is 0 Å². The van der Waals surface area contributed by atoms with Gasteiger partial charge < -0.3 is 4.74 Å². The summed E-state index contributed by atoms with van der Waals surface area (Å²) in [5, 5.41) is 0. The van der Waals surface area contributed by atoms with Crippen LogP contribution >= 0.6 is 24.0 Å². The van der Waals surface area contributed by atoms with Crippen LogP contribution in [0, 0.1) is 0 Å². The molecule has 0 saturated carbocycles. The molecule has 26 heavy (non-hydrogen) atoms. The first-order chi connectivity index (χ1) is 12.6. The molecule has 0 N–H and O–H groups in total. The molecule has 1 aliphatic rings. The quantitative estimate of drug-likeness (QED) is 0.467. The van der Waals surface area contributed by atoms with Gasteiger partial charge in [0.05, 0.1) is 10.6 Å². The summed E-state index contributed by atoms with van der Waals surface area (Å²) in [7, 11) is 0. The third-order valence-electron chi connectivity index (χ3n) is 4.18. The van der Waals surface area contributed by atoms with Crippen LogP contribution in [-0.4, -0.2) is 10.2 Å². The average molecular weight is 384 g/mol. The average Bonchev–Trinajstić information content (AvgIpc) is 2.91. The zero-order chi connectivity index (χ0) is 18.5. The minimum absolute atomic E-state index is 0.156. The summed E-state index contributed by atoms with van der Waals surface area (Å²) in [6, 6.07) is 16.0. The van der Waals surface area contributed by atoms with Crippen LogP contribution in [0.5, 0.6) is 5.75 Å². The number of hydrogen-bond donors (Lipinski definition) is 0. The Balaban J connectivity index is 1.59. The predicted octanol–water partition coefficient (Wildman–Crippen LogP) is 5.49. The van der Waals surface area contributed by atoms with Crippen molar-refractivity contribution in [2.75, 3.05) is 4.90 Å². The number of hydrogen-bond acceptors (Lipinski definition) is 4. The van der Waals surface area contributed by atoms with Crippen LogP contribution in [0.25, 0.3) is 0 Å². The Labute approximate surface area is 164 Å². The number of anilines is 1. The fourth-order valence-corrected chi connectivity index (χ4v) is 3.83. The van der Waals surface area contributed by atoms with Crippen LogP contribution in [0.4, 0.5) is 5.69 Å². The lowest BCUT2D eigenvalue weighted by Gasteiger charge is -2.15. The van der Waals surface area contributed by atoms with Gasteiger partial charge in [-0.1, -0.05) is 68.2 Å². The van der Waals surface area contributed by atoms with E-state index in [0.717, 1.165) is 23.4 Å². The minimum Gasteiger partial charge on any atom is -0.489 e. The van der Waals surface area contributed by atoms with Crippen molar-refractivity contribution >= 4 is 39.9 Å². The summed E-state index contributed by atoms with van der Waals surface area (Å²) in [5.41, 5.74) is 3.24. The maximum absolute atomic E-state index is 12.1. The van der Waals surface area contributed by atoms with Gasteiger partial charge in [0.2, 0.25) is 0 Å². The van der Waals surface area contributed by atoms with E-state index in [1.54, 1.807) is 0 Å². The Hall–Kier alpha value is -2.11. The minimum atomic E-state index is -0.156. The first-order valence-corrected chi connectivity index (χ1v) is 9.87. The largest absolute Gasteiger partial charge is 0.489 e. The number of thioether (sulfide) groups is 1. The van der Waals surface area contributed by atoms with Crippen molar-refractivity contribution in [2.45, 2.75) is 32.8 Å². The Kier molecular flexibility index (Phi) is 6.12. The van der Waals surface area contributed by atoms with Gasteiger partial charge in [0, 0.05) is 0 Å². The van der Waals surface area contributed by atoms with E-state index in [1.165, 1.54) is 35.1 Å². The standard InChI is InChI=1S/C21H21NO2S2/c1-3-4-5-16-6-8-17(9-7-16)14-24-19-12-10-18(11-13-19)22-20(23)15(2)26-21(22)25/h6-13H,2-5,14H2,1H3. The highest BCUT2D eigenvalue weighted by Crippen LogP contribution is 2.34. The van der Waals surface area contributed by atoms with Gasteiger partial charge in [0.1, 0.15) is 12.4 Å². The monoisotopic (exact) mass is 383 g/mol. The third-order valence-corrected chi connectivity index (χ3v) is 5.39. The van der Waals surface area contributed by atoms with Crippen molar-refractivity contribution in [1.82, 2.24) is 0 Å². The van der Waals surface area contributed by atoms with Crippen molar-refractivity contribution in [3.8, 4) is 5.75 Å². The zero-order valence-electron chi connectivity index (χ0n) is 14.7. The second-order valence-corrected chi connectivity index (χ2v) is 7.86. The second-order valence-electron chi connectivity index (χ2n) is 6.13. The lowest BCUT2D eigenvalue weighted by atomic mass is 10.1. The normalized spacial score (nSPS) is 14.2. The fraction of sp³-hybridized carbons (Fsp3) is 0.238. The molecular formula is C21H21NO2S2. The number of unbranched alkanes of at least 4 members (excludes halogenated alkanes) is 1. The Morgan fingerprint density at radius 3 is 2.31 bits per heavy atom. The molecule has 3 rings (SSSR count). The van der Waals surface area contributed by atoms with E-state index in [9.17, 15) is 4.79 Å². The zero-order valence-corrected chi connectivity index (χ0v) is 16.4. The molecule has 3 nitrogen and oxygen atoms in total. The van der Waals surface area contributed by atoms with Crippen LogP contribution in [0.1, 0.15) is 30.9 Å². The topological polar surface area (TPSA) is 29.5 Å². The van der Waals surface area contributed by atoms with E-state index in [4.69, 9.17) is 17.0 Å². The Morgan fingerprint density at radius 1 is 1.08 bits per heavy atom. The highest BCUT2D eigenvalue weighted by Gasteiger charge is 2.31. The number of carbonyl (C=O) groups is 1. The number of ether oxygens (including phenoxy) is 1. The van der Waals surface area contributed by atoms with E-state index < -0.39 is 0 Å². The highest BCUT2D eigenvalue weighted by atomic mass is 32.2. The van der Waals surface area contributed by atoms with Crippen LogP contribution < -0.4 is 9.64 Å². The molecule has 134 valence electrons. The first-order valence-electron chi connectivity index (χ1n) is 8.64. The smallest absolute Gasteiger partial charge is 0.270 e. The van der Waals surface area contributed by atoms with Crippen LogP contribution in [-0.2, 0) is 17.8 Å². The number of benzene rings is 2. The summed E-state index contributed by atoms with van der Waals surface area (Å²) in [5.74, 6) is 0.602. The van der Waals surface area contributed by atoms with Gasteiger partial charge in [-0.15, -0.1) is 0 Å². The van der Waals surface area contributed by atoms with Crippen molar-refractivity contribution < 1.29 is 9.53 Å². The number of thiocarbonyl (C=S) groups is 1. The maximum atomic E-state index is 12.1. The summed E-state index contributed by atoms with van der Waals surface area (Å²) in [6.07, 6.45) is 3.55. The molecule has 2 aromatic rings. The number of rotatable bonds is 7. The summed E-state index contributed by atoms with van der Waals surface area (Å²) >= 11 is 6.47. The molecule has 0 bridgehead atoms. The summed E-state index contributed by atoms with van der Waals surface area (Å²) < 4.78 is 6.36. The summed E-state index contributed by atoms with van der Waals surface area (Å²) in [6.45, 7) is 6.44. The first kappa shape index (κ1) is 18.7. The third kappa shape index (κ3) is 4.34. The highest BCUT2D eigenvalue weighted by molar-refractivity contribution is 8.27. The molecule has 1 aliphatic heterocycles. The van der Waals surface area contributed by atoms with E-state index in [0.29, 0.717) is 15.8 Å². The Bertz CT molecular complexity index is 813. The molecule has 0 aliphatic carbocycles. The molecule has 0 atom stereocenters. The van der Waals surface area contributed by atoms with Gasteiger partial charge in [-0.3, -0.25) is 9.69 Å². The molecule has 0 unspecified atom stereocenters. The molecule has 0 spiro atoms. The number of amides is 1. The van der Waals surface area contributed by atoms with Crippen molar-refractivity contribution in [1.29, 1.82) is 0 Å². The second kappa shape index (κ2) is 8.52. The molecule has 1 heterocycles. The van der Waals surface area contributed by atoms with Crippen LogP contribution in [0.2, 0.25) is 0 Å². The Morgan fingerprint density at radius 2 is 1.73 bits per heavy atom. The number of carbonyl (C=O) groups excluding carboxylic acids is 1. The number of nitrogens with zero attached hydrogens (tertiary/aromatic N) is 1. The molecule has 5 heteroatoms. The van der Waals surface area contributed by atoms with Crippen LogP contribution in [0.3, 0.4) is 0 Å². The van der Waals surface area contributed by atoms with Gasteiger partial charge in [-0.2, -0.15) is 0 Å². The molecule has 2 aromatic carbocycles. The predicted molar refractivity (Wildman–Crippen MR) is 113 cm³/mol. The fourth-order valence-electron chi connectivity index (χ4n) is 2.67. The maximum Gasteiger partial charge on any atom is 0.270 e. The molecule has 1 amide bonds. The molecule has 1 fully saturated rings. The molecule has 0 aromatic heterocycles. The van der Waals surface area contributed by atoms with Gasteiger partial charge in [-0.05, 0) is 48.2 Å². The van der Waals surface area contributed by atoms with Gasteiger partial charge in [0.25, 0.3) is 5.91 Å².